The predicted molar refractivity (Wildman–Crippen MR) is 124 cm³/mol. The minimum atomic E-state index is 0.932. The van der Waals surface area contributed by atoms with Crippen LogP contribution in [0.3, 0.4) is 0 Å². The van der Waals surface area contributed by atoms with Gasteiger partial charge in [-0.1, -0.05) is 41.6 Å². The highest BCUT2D eigenvalue weighted by Crippen LogP contribution is 2.24. The first-order valence-corrected chi connectivity index (χ1v) is 11.1. The van der Waals surface area contributed by atoms with Crippen LogP contribution in [-0.4, -0.2) is 52.6 Å². The molecule has 1 saturated heterocycles. The van der Waals surface area contributed by atoms with Crippen molar-refractivity contribution in [2.45, 2.75) is 40.2 Å². The summed E-state index contributed by atoms with van der Waals surface area (Å²) in [5, 5.41) is 8.69. The number of benzene rings is 2. The van der Waals surface area contributed by atoms with Crippen molar-refractivity contribution in [2.75, 3.05) is 37.6 Å². The largest absolute Gasteiger partial charge is 0.369 e. The van der Waals surface area contributed by atoms with Gasteiger partial charge in [-0.3, -0.25) is 9.58 Å². The van der Waals surface area contributed by atoms with Crippen LogP contribution in [0, 0.1) is 20.8 Å². The summed E-state index contributed by atoms with van der Waals surface area (Å²) in [6, 6.07) is 15.0. The van der Waals surface area contributed by atoms with Crippen molar-refractivity contribution in [3.8, 4) is 11.3 Å². The molecule has 0 N–H and O–H groups in total. The van der Waals surface area contributed by atoms with Crippen molar-refractivity contribution in [1.82, 2.24) is 19.9 Å². The van der Waals surface area contributed by atoms with Crippen molar-refractivity contribution in [2.24, 2.45) is 0 Å². The number of anilines is 1. The van der Waals surface area contributed by atoms with E-state index in [9.17, 15) is 0 Å². The lowest BCUT2D eigenvalue weighted by Gasteiger charge is -2.37. The number of piperazine rings is 1. The second-order valence-electron chi connectivity index (χ2n) is 8.44. The fraction of sp³-hybridized carbons (Fsp3) is 0.440. The van der Waals surface area contributed by atoms with Gasteiger partial charge in [0.1, 0.15) is 5.69 Å². The maximum absolute atomic E-state index is 4.36. The molecule has 5 heteroatoms. The molecule has 3 aromatic rings. The summed E-state index contributed by atoms with van der Waals surface area (Å²) < 4.78 is 1.99. The minimum absolute atomic E-state index is 0.932. The molecule has 1 fully saturated rings. The quantitative estimate of drug-likeness (QED) is 0.546. The first-order valence-electron chi connectivity index (χ1n) is 11.1. The van der Waals surface area contributed by atoms with Crippen LogP contribution in [0.5, 0.6) is 0 Å². The van der Waals surface area contributed by atoms with Crippen molar-refractivity contribution >= 4 is 5.69 Å². The van der Waals surface area contributed by atoms with Gasteiger partial charge in [0.05, 0.1) is 6.20 Å². The number of aryl methyl sites for hydroxylation is 3. The topological polar surface area (TPSA) is 37.2 Å². The second kappa shape index (κ2) is 9.43. The lowest BCUT2D eigenvalue weighted by Crippen LogP contribution is -2.46. The van der Waals surface area contributed by atoms with Gasteiger partial charge in [-0.2, -0.15) is 0 Å². The summed E-state index contributed by atoms with van der Waals surface area (Å²) >= 11 is 0. The molecule has 0 saturated carbocycles. The second-order valence-corrected chi connectivity index (χ2v) is 8.44. The SMILES string of the molecule is Cc1ccccc1-c1cn(CCCCN2CCN(c3cccc(C)c3C)CC2)nn1. The Bertz CT molecular complexity index is 969. The summed E-state index contributed by atoms with van der Waals surface area (Å²) in [5.41, 5.74) is 7.59. The maximum atomic E-state index is 4.36. The Kier molecular flexibility index (Phi) is 6.48. The number of hydrogen-bond donors (Lipinski definition) is 0. The lowest BCUT2D eigenvalue weighted by molar-refractivity contribution is 0.250. The summed E-state index contributed by atoms with van der Waals surface area (Å²) in [4.78, 5) is 5.14. The Morgan fingerprint density at radius 1 is 0.800 bits per heavy atom. The van der Waals surface area contributed by atoms with E-state index in [0.717, 1.165) is 44.8 Å². The van der Waals surface area contributed by atoms with Crippen molar-refractivity contribution in [1.29, 1.82) is 0 Å². The van der Waals surface area contributed by atoms with E-state index in [2.05, 4.69) is 89.5 Å². The Labute approximate surface area is 180 Å². The molecule has 158 valence electrons. The third kappa shape index (κ3) is 4.73. The molecule has 4 rings (SSSR count). The fourth-order valence-corrected chi connectivity index (χ4v) is 4.29. The zero-order valence-corrected chi connectivity index (χ0v) is 18.5. The van der Waals surface area contributed by atoms with Gasteiger partial charge >= 0.3 is 0 Å². The molecular weight excluding hydrogens is 370 g/mol. The number of unbranched alkanes of at least 4 members (excludes halogenated alkanes) is 1. The predicted octanol–water partition coefficient (Wildman–Crippen LogP) is 4.47. The first-order chi connectivity index (χ1) is 14.6. The van der Waals surface area contributed by atoms with E-state index in [-0.39, 0.29) is 0 Å². The van der Waals surface area contributed by atoms with E-state index < -0.39 is 0 Å². The molecule has 0 amide bonds. The smallest absolute Gasteiger partial charge is 0.113 e. The molecule has 0 aliphatic carbocycles. The molecule has 0 unspecified atom stereocenters. The van der Waals surface area contributed by atoms with Crippen molar-refractivity contribution < 1.29 is 0 Å². The highest BCUT2D eigenvalue weighted by molar-refractivity contribution is 5.62. The van der Waals surface area contributed by atoms with Crippen molar-refractivity contribution in [3.63, 3.8) is 0 Å². The molecule has 2 aromatic carbocycles. The van der Waals surface area contributed by atoms with Crippen LogP contribution >= 0.6 is 0 Å². The third-order valence-electron chi connectivity index (χ3n) is 6.36. The van der Waals surface area contributed by atoms with Crippen LogP contribution in [0.25, 0.3) is 11.3 Å². The minimum Gasteiger partial charge on any atom is -0.369 e. The monoisotopic (exact) mass is 403 g/mol. The van der Waals surface area contributed by atoms with E-state index in [1.54, 1.807) is 0 Å². The Hall–Kier alpha value is -2.66. The van der Waals surface area contributed by atoms with Gasteiger partial charge in [-0.15, -0.1) is 5.10 Å². The number of aromatic nitrogens is 3. The number of hydrogen-bond acceptors (Lipinski definition) is 4. The Morgan fingerprint density at radius 2 is 1.53 bits per heavy atom. The number of rotatable bonds is 7. The summed E-state index contributed by atoms with van der Waals surface area (Å²) in [5.74, 6) is 0. The molecule has 1 aliphatic heterocycles. The molecule has 30 heavy (non-hydrogen) atoms. The van der Waals surface area contributed by atoms with Gasteiger partial charge in [-0.05, 0) is 62.9 Å². The van der Waals surface area contributed by atoms with Crippen LogP contribution in [-0.2, 0) is 6.54 Å². The highest BCUT2D eigenvalue weighted by Gasteiger charge is 2.18. The van der Waals surface area contributed by atoms with Crippen LogP contribution in [0.2, 0.25) is 0 Å². The molecule has 0 bridgehead atoms. The average Bonchev–Trinajstić information content (AvgIpc) is 3.23. The van der Waals surface area contributed by atoms with E-state index in [1.165, 1.54) is 40.9 Å². The average molecular weight is 404 g/mol. The summed E-state index contributed by atoms with van der Waals surface area (Å²) in [6.07, 6.45) is 4.40. The van der Waals surface area contributed by atoms with Gasteiger partial charge in [0.2, 0.25) is 0 Å². The van der Waals surface area contributed by atoms with E-state index in [4.69, 9.17) is 0 Å². The molecule has 2 heterocycles. The Morgan fingerprint density at radius 3 is 2.33 bits per heavy atom. The van der Waals surface area contributed by atoms with Gasteiger partial charge < -0.3 is 4.90 Å². The number of nitrogens with zero attached hydrogens (tertiary/aromatic N) is 5. The zero-order chi connectivity index (χ0) is 20.9. The van der Waals surface area contributed by atoms with E-state index >= 15 is 0 Å². The molecule has 0 spiro atoms. The molecule has 0 atom stereocenters. The van der Waals surface area contributed by atoms with Gasteiger partial charge in [0.15, 0.2) is 0 Å². The lowest BCUT2D eigenvalue weighted by atomic mass is 10.1. The van der Waals surface area contributed by atoms with E-state index in [1.807, 2.05) is 4.68 Å². The molecule has 1 aromatic heterocycles. The van der Waals surface area contributed by atoms with Crippen LogP contribution < -0.4 is 4.90 Å². The highest BCUT2D eigenvalue weighted by atomic mass is 15.4. The van der Waals surface area contributed by atoms with Crippen LogP contribution in [0.4, 0.5) is 5.69 Å². The van der Waals surface area contributed by atoms with Gasteiger partial charge in [-0.25, -0.2) is 0 Å². The third-order valence-corrected chi connectivity index (χ3v) is 6.36. The van der Waals surface area contributed by atoms with Crippen LogP contribution in [0.1, 0.15) is 29.5 Å². The normalized spacial score (nSPS) is 15.0. The summed E-state index contributed by atoms with van der Waals surface area (Å²) in [6.45, 7) is 13.2. The first kappa shape index (κ1) is 20.6. The molecule has 0 radical (unpaired) electrons. The fourth-order valence-electron chi connectivity index (χ4n) is 4.29. The maximum Gasteiger partial charge on any atom is 0.113 e. The van der Waals surface area contributed by atoms with E-state index in [0.29, 0.717) is 0 Å². The zero-order valence-electron chi connectivity index (χ0n) is 18.5. The Balaban J connectivity index is 1.20. The van der Waals surface area contributed by atoms with Crippen molar-refractivity contribution in [3.05, 3.63) is 65.4 Å². The van der Waals surface area contributed by atoms with Gasteiger partial charge in [0.25, 0.3) is 0 Å². The molecule has 5 nitrogen and oxygen atoms in total. The van der Waals surface area contributed by atoms with Gasteiger partial charge in [0, 0.05) is 44.0 Å². The van der Waals surface area contributed by atoms with Crippen LogP contribution in [0.15, 0.2) is 48.7 Å². The standard InChI is InChI=1S/C25H33N5/c1-20-10-8-12-25(22(20)3)29-17-15-28(16-18-29)13-6-7-14-30-19-24(26-27-30)23-11-5-4-9-21(23)2/h4-5,8-12,19H,6-7,13-18H2,1-3H3. The molecular formula is C25H33N5. The summed E-state index contributed by atoms with van der Waals surface area (Å²) in [7, 11) is 0. The molecule has 1 aliphatic rings.